The van der Waals surface area contributed by atoms with Crippen LogP contribution in [-0.4, -0.2) is 59.3 Å². The van der Waals surface area contributed by atoms with Gasteiger partial charge in [-0.3, -0.25) is 24.6 Å². The lowest BCUT2D eigenvalue weighted by molar-refractivity contribution is -0.384. The van der Waals surface area contributed by atoms with E-state index < -0.39 is 4.92 Å². The molecule has 1 aliphatic heterocycles. The average molecular weight is 396 g/mol. The van der Waals surface area contributed by atoms with Gasteiger partial charge in [0.2, 0.25) is 5.91 Å². The highest BCUT2D eigenvalue weighted by atomic mass is 16.6. The summed E-state index contributed by atoms with van der Waals surface area (Å²) in [5.74, 6) is -0.325. The summed E-state index contributed by atoms with van der Waals surface area (Å²) < 4.78 is 0. The quantitative estimate of drug-likeness (QED) is 0.571. The normalized spacial score (nSPS) is 14.4. The second kappa shape index (κ2) is 9.79. The third-order valence-corrected chi connectivity index (χ3v) is 4.94. The topological polar surface area (TPSA) is 95.8 Å². The monoisotopic (exact) mass is 396 g/mol. The van der Waals surface area contributed by atoms with E-state index in [0.717, 1.165) is 19.6 Å². The van der Waals surface area contributed by atoms with E-state index in [2.05, 4.69) is 22.3 Å². The van der Waals surface area contributed by atoms with Gasteiger partial charge in [0.15, 0.2) is 0 Å². The van der Waals surface area contributed by atoms with Gasteiger partial charge in [0, 0.05) is 63.4 Å². The van der Waals surface area contributed by atoms with E-state index in [1.165, 1.54) is 29.8 Å². The van der Waals surface area contributed by atoms with Gasteiger partial charge in [-0.1, -0.05) is 30.3 Å². The lowest BCUT2D eigenvalue weighted by Crippen LogP contribution is -2.48. The summed E-state index contributed by atoms with van der Waals surface area (Å²) in [7, 11) is 0. The van der Waals surface area contributed by atoms with Gasteiger partial charge in [-0.15, -0.1) is 0 Å². The maximum atomic E-state index is 12.4. The van der Waals surface area contributed by atoms with Crippen molar-refractivity contribution in [1.82, 2.24) is 15.1 Å². The Morgan fingerprint density at radius 2 is 1.62 bits per heavy atom. The van der Waals surface area contributed by atoms with Crippen LogP contribution in [0.4, 0.5) is 5.69 Å². The Morgan fingerprint density at radius 3 is 2.24 bits per heavy atom. The van der Waals surface area contributed by atoms with Crippen molar-refractivity contribution in [1.29, 1.82) is 0 Å². The second-order valence-electron chi connectivity index (χ2n) is 6.95. The molecule has 1 fully saturated rings. The van der Waals surface area contributed by atoms with Crippen molar-refractivity contribution in [3.63, 3.8) is 0 Å². The molecule has 152 valence electrons. The highest BCUT2D eigenvalue weighted by Gasteiger charge is 2.21. The van der Waals surface area contributed by atoms with E-state index in [1.54, 1.807) is 0 Å². The maximum Gasteiger partial charge on any atom is 0.269 e. The molecule has 1 N–H and O–H groups in total. The summed E-state index contributed by atoms with van der Waals surface area (Å²) >= 11 is 0. The Balaban J connectivity index is 1.37. The molecule has 8 nitrogen and oxygen atoms in total. The fraction of sp³-hybridized carbons (Fsp3) is 0.333. The zero-order chi connectivity index (χ0) is 20.6. The molecule has 0 radical (unpaired) electrons. The number of benzene rings is 2. The standard InChI is InChI=1S/C21H24N4O4/c26-20(10-11-22-21(27)18-6-8-19(9-7-18)25(28)29)24-14-12-23(13-15-24)16-17-4-2-1-3-5-17/h1-9H,10-16H2,(H,22,27). The minimum absolute atomic E-state index is 0.0216. The number of rotatable bonds is 7. The average Bonchev–Trinajstić information content (AvgIpc) is 2.75. The third-order valence-electron chi connectivity index (χ3n) is 4.94. The molecule has 1 aliphatic rings. The van der Waals surface area contributed by atoms with E-state index in [0.29, 0.717) is 18.7 Å². The first kappa shape index (κ1) is 20.5. The van der Waals surface area contributed by atoms with Crippen LogP contribution in [0, 0.1) is 10.1 Å². The van der Waals surface area contributed by atoms with Gasteiger partial charge in [-0.2, -0.15) is 0 Å². The summed E-state index contributed by atoms with van der Waals surface area (Å²) in [6.45, 7) is 4.14. The fourth-order valence-corrected chi connectivity index (χ4v) is 3.27. The molecule has 1 heterocycles. The number of carbonyl (C=O) groups is 2. The van der Waals surface area contributed by atoms with Gasteiger partial charge in [-0.05, 0) is 17.7 Å². The van der Waals surface area contributed by atoms with E-state index in [9.17, 15) is 19.7 Å². The number of hydrogen-bond donors (Lipinski definition) is 1. The second-order valence-corrected chi connectivity index (χ2v) is 6.95. The lowest BCUT2D eigenvalue weighted by Gasteiger charge is -2.34. The SMILES string of the molecule is O=C(NCCC(=O)N1CCN(Cc2ccccc2)CC1)c1ccc([N+](=O)[O-])cc1. The van der Waals surface area contributed by atoms with Gasteiger partial charge in [0.25, 0.3) is 11.6 Å². The van der Waals surface area contributed by atoms with Gasteiger partial charge < -0.3 is 10.2 Å². The predicted octanol–water partition coefficient (Wildman–Crippen LogP) is 2.06. The number of nitrogens with zero attached hydrogens (tertiary/aromatic N) is 3. The smallest absolute Gasteiger partial charge is 0.269 e. The Kier molecular flexibility index (Phi) is 6.91. The molecular formula is C21H24N4O4. The predicted molar refractivity (Wildman–Crippen MR) is 108 cm³/mol. The molecule has 0 aliphatic carbocycles. The van der Waals surface area contributed by atoms with Gasteiger partial charge in [0.1, 0.15) is 0 Å². The minimum atomic E-state index is -0.514. The van der Waals surface area contributed by atoms with E-state index in [1.807, 2.05) is 23.1 Å². The first-order valence-corrected chi connectivity index (χ1v) is 9.59. The van der Waals surface area contributed by atoms with Crippen LogP contribution in [0.25, 0.3) is 0 Å². The van der Waals surface area contributed by atoms with Crippen LogP contribution < -0.4 is 5.32 Å². The molecule has 0 spiro atoms. The summed E-state index contributed by atoms with van der Waals surface area (Å²) in [5, 5.41) is 13.3. The van der Waals surface area contributed by atoms with E-state index >= 15 is 0 Å². The Labute approximate surface area is 169 Å². The zero-order valence-corrected chi connectivity index (χ0v) is 16.1. The zero-order valence-electron chi connectivity index (χ0n) is 16.1. The number of carbonyl (C=O) groups excluding carboxylic acids is 2. The molecule has 1 saturated heterocycles. The number of non-ortho nitro benzene ring substituents is 1. The number of nitro benzene ring substituents is 1. The van der Waals surface area contributed by atoms with Crippen molar-refractivity contribution in [2.45, 2.75) is 13.0 Å². The number of nitrogens with one attached hydrogen (secondary N) is 1. The van der Waals surface area contributed by atoms with Crippen molar-refractivity contribution in [2.24, 2.45) is 0 Å². The molecule has 3 rings (SSSR count). The molecule has 29 heavy (non-hydrogen) atoms. The minimum Gasteiger partial charge on any atom is -0.352 e. The highest BCUT2D eigenvalue weighted by molar-refractivity contribution is 5.94. The van der Waals surface area contributed by atoms with E-state index in [4.69, 9.17) is 0 Å². The van der Waals surface area contributed by atoms with Crippen LogP contribution in [-0.2, 0) is 11.3 Å². The van der Waals surface area contributed by atoms with Crippen molar-refractivity contribution < 1.29 is 14.5 Å². The molecule has 2 aromatic rings. The molecule has 0 atom stereocenters. The van der Waals surface area contributed by atoms with Crippen LogP contribution in [0.15, 0.2) is 54.6 Å². The highest BCUT2D eigenvalue weighted by Crippen LogP contribution is 2.12. The summed E-state index contributed by atoms with van der Waals surface area (Å²) in [4.78, 5) is 38.8. The summed E-state index contributed by atoms with van der Waals surface area (Å²) in [5.41, 5.74) is 1.53. The molecule has 2 aromatic carbocycles. The summed E-state index contributed by atoms with van der Waals surface area (Å²) in [6.07, 6.45) is 0.234. The van der Waals surface area contributed by atoms with Gasteiger partial charge >= 0.3 is 0 Å². The molecular weight excluding hydrogens is 372 g/mol. The summed E-state index contributed by atoms with van der Waals surface area (Å²) in [6, 6.07) is 15.6. The maximum absolute atomic E-state index is 12.4. The molecule has 0 saturated carbocycles. The molecule has 8 heteroatoms. The molecule has 0 bridgehead atoms. The van der Waals surface area contributed by atoms with E-state index in [-0.39, 0.29) is 30.5 Å². The van der Waals surface area contributed by atoms with Crippen LogP contribution in [0.2, 0.25) is 0 Å². The Morgan fingerprint density at radius 1 is 0.966 bits per heavy atom. The first-order valence-electron chi connectivity index (χ1n) is 9.59. The van der Waals surface area contributed by atoms with Crippen molar-refractivity contribution in [3.8, 4) is 0 Å². The van der Waals surface area contributed by atoms with Crippen LogP contribution in [0.5, 0.6) is 0 Å². The number of piperazine rings is 1. The van der Waals surface area contributed by atoms with Gasteiger partial charge in [-0.25, -0.2) is 0 Å². The van der Waals surface area contributed by atoms with Crippen molar-refractivity contribution >= 4 is 17.5 Å². The largest absolute Gasteiger partial charge is 0.352 e. The Hall–Kier alpha value is -3.26. The Bertz CT molecular complexity index is 847. The van der Waals surface area contributed by atoms with Crippen molar-refractivity contribution in [2.75, 3.05) is 32.7 Å². The van der Waals surface area contributed by atoms with Crippen molar-refractivity contribution in [3.05, 3.63) is 75.8 Å². The number of hydrogen-bond acceptors (Lipinski definition) is 5. The van der Waals surface area contributed by atoms with Crippen LogP contribution in [0.1, 0.15) is 22.3 Å². The molecule has 0 unspecified atom stereocenters. The lowest BCUT2D eigenvalue weighted by atomic mass is 10.2. The fourth-order valence-electron chi connectivity index (χ4n) is 3.27. The van der Waals surface area contributed by atoms with Crippen LogP contribution in [0.3, 0.4) is 0 Å². The van der Waals surface area contributed by atoms with Crippen LogP contribution >= 0.6 is 0 Å². The first-order chi connectivity index (χ1) is 14.0. The third kappa shape index (κ3) is 5.86. The number of amides is 2. The van der Waals surface area contributed by atoms with Gasteiger partial charge in [0.05, 0.1) is 4.92 Å². The molecule has 0 aromatic heterocycles. The molecule has 2 amide bonds. The number of nitro groups is 1.